The number of hydrogen-bond donors (Lipinski definition) is 4. The molecule has 9 nitrogen and oxygen atoms in total. The SMILES string of the molecule is CCOc1ccc(CC(NC(=O)c2ccccc2)C(=O)NC(Cc2ccccn2)C(=O)NCc2ccc(CN)cc2)cc1. The summed E-state index contributed by atoms with van der Waals surface area (Å²) in [6, 6.07) is 27.2. The van der Waals surface area contributed by atoms with Crippen molar-refractivity contribution >= 4 is 17.7 Å². The van der Waals surface area contributed by atoms with Gasteiger partial charge < -0.3 is 26.4 Å². The fraction of sp³-hybridized carbons (Fsp3) is 0.235. The molecule has 0 spiro atoms. The predicted octanol–water partition coefficient (Wildman–Crippen LogP) is 3.32. The summed E-state index contributed by atoms with van der Waals surface area (Å²) >= 11 is 0. The van der Waals surface area contributed by atoms with Crippen LogP contribution in [0.2, 0.25) is 0 Å². The Labute approximate surface area is 251 Å². The number of pyridine rings is 1. The first-order valence-electron chi connectivity index (χ1n) is 14.3. The van der Waals surface area contributed by atoms with E-state index in [0.29, 0.717) is 30.2 Å². The summed E-state index contributed by atoms with van der Waals surface area (Å²) in [7, 11) is 0. The number of nitrogens with zero attached hydrogens (tertiary/aromatic N) is 1. The summed E-state index contributed by atoms with van der Waals surface area (Å²) in [5, 5.41) is 8.66. The first-order valence-corrected chi connectivity index (χ1v) is 14.3. The van der Waals surface area contributed by atoms with Crippen LogP contribution in [0.15, 0.2) is 103 Å². The van der Waals surface area contributed by atoms with Gasteiger partial charge in [-0.1, -0.05) is 60.7 Å². The molecule has 4 rings (SSSR count). The first-order chi connectivity index (χ1) is 20.9. The average Bonchev–Trinajstić information content (AvgIpc) is 3.05. The highest BCUT2D eigenvalue weighted by Gasteiger charge is 2.28. The topological polar surface area (TPSA) is 135 Å². The lowest BCUT2D eigenvalue weighted by Gasteiger charge is -2.23. The summed E-state index contributed by atoms with van der Waals surface area (Å²) < 4.78 is 5.53. The molecule has 0 saturated heterocycles. The monoisotopic (exact) mass is 579 g/mol. The molecule has 43 heavy (non-hydrogen) atoms. The number of aromatic nitrogens is 1. The molecule has 0 aliphatic rings. The zero-order valence-corrected chi connectivity index (χ0v) is 24.2. The summed E-state index contributed by atoms with van der Waals surface area (Å²) in [5.74, 6) is -0.527. The molecule has 3 amide bonds. The lowest BCUT2D eigenvalue weighted by Crippen LogP contribution is -2.55. The van der Waals surface area contributed by atoms with E-state index in [2.05, 4.69) is 20.9 Å². The van der Waals surface area contributed by atoms with Crippen LogP contribution < -0.4 is 26.4 Å². The molecule has 0 bridgehead atoms. The number of amides is 3. The highest BCUT2D eigenvalue weighted by atomic mass is 16.5. The minimum Gasteiger partial charge on any atom is -0.494 e. The molecule has 4 aromatic rings. The van der Waals surface area contributed by atoms with E-state index >= 15 is 0 Å². The minimum absolute atomic E-state index is 0.174. The number of carbonyl (C=O) groups excluding carboxylic acids is 3. The fourth-order valence-electron chi connectivity index (χ4n) is 4.48. The van der Waals surface area contributed by atoms with Gasteiger partial charge >= 0.3 is 0 Å². The van der Waals surface area contributed by atoms with E-state index in [4.69, 9.17) is 10.5 Å². The number of ether oxygens (including phenoxy) is 1. The summed E-state index contributed by atoms with van der Waals surface area (Å²) in [4.78, 5) is 44.6. The molecule has 0 radical (unpaired) electrons. The lowest BCUT2D eigenvalue weighted by molar-refractivity contribution is -0.130. The molecule has 3 aromatic carbocycles. The van der Waals surface area contributed by atoms with Crippen molar-refractivity contribution in [2.45, 2.75) is 44.9 Å². The van der Waals surface area contributed by atoms with Gasteiger partial charge in [0.25, 0.3) is 5.91 Å². The van der Waals surface area contributed by atoms with Crippen molar-refractivity contribution in [1.29, 1.82) is 0 Å². The molecule has 0 aliphatic heterocycles. The van der Waals surface area contributed by atoms with Crippen LogP contribution in [0.4, 0.5) is 0 Å². The first kappa shape index (κ1) is 30.9. The second kappa shape index (κ2) is 15.8. The summed E-state index contributed by atoms with van der Waals surface area (Å²) in [6.07, 6.45) is 2.02. The molecule has 2 atom stereocenters. The smallest absolute Gasteiger partial charge is 0.251 e. The van der Waals surface area contributed by atoms with Crippen molar-refractivity contribution < 1.29 is 19.1 Å². The Balaban J connectivity index is 1.53. The van der Waals surface area contributed by atoms with E-state index in [1.54, 1.807) is 42.6 Å². The average molecular weight is 580 g/mol. The Morgan fingerprint density at radius 1 is 0.744 bits per heavy atom. The zero-order chi connectivity index (χ0) is 30.4. The van der Waals surface area contributed by atoms with E-state index in [-0.39, 0.29) is 25.3 Å². The summed E-state index contributed by atoms with van der Waals surface area (Å²) in [5.41, 5.74) is 9.47. The Bertz CT molecular complexity index is 1460. The maximum Gasteiger partial charge on any atom is 0.251 e. The van der Waals surface area contributed by atoms with Crippen LogP contribution in [0.25, 0.3) is 0 Å². The van der Waals surface area contributed by atoms with Crippen molar-refractivity contribution in [3.05, 3.63) is 131 Å². The maximum atomic E-state index is 13.8. The third-order valence-electron chi connectivity index (χ3n) is 6.83. The Kier molecular flexibility index (Phi) is 11.4. The van der Waals surface area contributed by atoms with Crippen LogP contribution in [0.3, 0.4) is 0 Å². The number of benzene rings is 3. The van der Waals surface area contributed by atoms with Gasteiger partial charge in [-0.3, -0.25) is 19.4 Å². The molecular weight excluding hydrogens is 542 g/mol. The van der Waals surface area contributed by atoms with Crippen molar-refractivity contribution in [3.8, 4) is 5.75 Å². The van der Waals surface area contributed by atoms with E-state index in [9.17, 15) is 14.4 Å². The molecule has 5 N–H and O–H groups in total. The largest absolute Gasteiger partial charge is 0.494 e. The summed E-state index contributed by atoms with van der Waals surface area (Å²) in [6.45, 7) is 3.15. The van der Waals surface area contributed by atoms with Crippen LogP contribution in [-0.2, 0) is 35.5 Å². The molecule has 0 fully saturated rings. The van der Waals surface area contributed by atoms with Gasteiger partial charge in [0.05, 0.1) is 6.61 Å². The normalized spacial score (nSPS) is 12.0. The van der Waals surface area contributed by atoms with Gasteiger partial charge in [0.1, 0.15) is 17.8 Å². The van der Waals surface area contributed by atoms with Gasteiger partial charge in [0.2, 0.25) is 11.8 Å². The van der Waals surface area contributed by atoms with Crippen molar-refractivity contribution in [2.24, 2.45) is 5.73 Å². The number of carbonyl (C=O) groups is 3. The number of nitrogens with one attached hydrogen (secondary N) is 3. The molecule has 222 valence electrons. The van der Waals surface area contributed by atoms with E-state index < -0.39 is 23.9 Å². The highest BCUT2D eigenvalue weighted by Crippen LogP contribution is 2.14. The van der Waals surface area contributed by atoms with Crippen LogP contribution >= 0.6 is 0 Å². The molecule has 0 aliphatic carbocycles. The van der Waals surface area contributed by atoms with E-state index in [0.717, 1.165) is 16.7 Å². The second-order valence-corrected chi connectivity index (χ2v) is 10.00. The van der Waals surface area contributed by atoms with Crippen LogP contribution in [-0.4, -0.2) is 41.4 Å². The third kappa shape index (κ3) is 9.51. The lowest BCUT2D eigenvalue weighted by atomic mass is 10.0. The van der Waals surface area contributed by atoms with Gasteiger partial charge in [-0.25, -0.2) is 0 Å². The Hall–Kier alpha value is -5.02. The standard InChI is InChI=1S/C34H37N5O4/c1-2-43-29-17-15-24(16-18-29)20-30(38-32(40)27-8-4-3-5-9-27)34(42)39-31(21-28-10-6-7-19-36-28)33(41)37-23-26-13-11-25(22-35)12-14-26/h3-19,30-31H,2,20-23,35H2,1H3,(H,37,41)(H,38,40)(H,39,42). The van der Waals surface area contributed by atoms with Crippen molar-refractivity contribution in [2.75, 3.05) is 6.61 Å². The third-order valence-corrected chi connectivity index (χ3v) is 6.83. The molecule has 9 heteroatoms. The predicted molar refractivity (Wildman–Crippen MR) is 165 cm³/mol. The minimum atomic E-state index is -0.950. The van der Waals surface area contributed by atoms with Crippen molar-refractivity contribution in [3.63, 3.8) is 0 Å². The molecule has 2 unspecified atom stereocenters. The van der Waals surface area contributed by atoms with Gasteiger partial charge in [0.15, 0.2) is 0 Å². The van der Waals surface area contributed by atoms with E-state index in [1.165, 1.54) is 0 Å². The molecule has 1 aromatic heterocycles. The zero-order valence-electron chi connectivity index (χ0n) is 24.2. The number of nitrogens with two attached hydrogens (primary N) is 1. The van der Waals surface area contributed by atoms with Crippen LogP contribution in [0, 0.1) is 0 Å². The van der Waals surface area contributed by atoms with Crippen LogP contribution in [0.1, 0.15) is 39.7 Å². The highest BCUT2D eigenvalue weighted by molar-refractivity contribution is 5.98. The molecule has 1 heterocycles. The quantitative estimate of drug-likeness (QED) is 0.181. The second-order valence-electron chi connectivity index (χ2n) is 10.00. The van der Waals surface area contributed by atoms with Gasteiger partial charge in [-0.2, -0.15) is 0 Å². The fourth-order valence-corrected chi connectivity index (χ4v) is 4.48. The van der Waals surface area contributed by atoms with E-state index in [1.807, 2.05) is 67.6 Å². The van der Waals surface area contributed by atoms with Gasteiger partial charge in [0, 0.05) is 43.4 Å². The van der Waals surface area contributed by atoms with Crippen LogP contribution in [0.5, 0.6) is 5.75 Å². The number of hydrogen-bond acceptors (Lipinski definition) is 6. The van der Waals surface area contributed by atoms with Crippen molar-refractivity contribution in [1.82, 2.24) is 20.9 Å². The molecular formula is C34H37N5O4. The van der Waals surface area contributed by atoms with Gasteiger partial charge in [-0.05, 0) is 60.0 Å². The molecule has 0 saturated carbocycles. The Morgan fingerprint density at radius 3 is 2.05 bits per heavy atom. The van der Waals surface area contributed by atoms with Gasteiger partial charge in [-0.15, -0.1) is 0 Å². The number of rotatable bonds is 14. The Morgan fingerprint density at radius 2 is 1.40 bits per heavy atom. The maximum absolute atomic E-state index is 13.8.